The number of ether oxygens (including phenoxy) is 1. The molecule has 1 atom stereocenters. The normalized spacial score (nSPS) is 12.4. The summed E-state index contributed by atoms with van der Waals surface area (Å²) in [5.41, 5.74) is 4.56. The number of carboxylic acid groups (broad SMARTS) is 1. The van der Waals surface area contributed by atoms with Gasteiger partial charge in [-0.05, 0) is 40.0 Å². The molecule has 0 unspecified atom stereocenters. The molecular formula is C13H25N3O5. The Hall–Kier alpha value is -1.83. The van der Waals surface area contributed by atoms with Crippen LogP contribution in [0.1, 0.15) is 40.0 Å². The van der Waals surface area contributed by atoms with E-state index in [2.05, 4.69) is 10.6 Å². The highest BCUT2D eigenvalue weighted by Crippen LogP contribution is 2.06. The molecule has 0 rings (SSSR count). The highest BCUT2D eigenvalue weighted by Gasteiger charge is 2.19. The van der Waals surface area contributed by atoms with Crippen LogP contribution in [-0.4, -0.2) is 47.8 Å². The van der Waals surface area contributed by atoms with Gasteiger partial charge in [-0.2, -0.15) is 0 Å². The van der Waals surface area contributed by atoms with E-state index in [1.54, 1.807) is 20.8 Å². The smallest absolute Gasteiger partial charge is 0.407 e. The van der Waals surface area contributed by atoms with Gasteiger partial charge in [-0.25, -0.2) is 9.59 Å². The van der Waals surface area contributed by atoms with Crippen molar-refractivity contribution < 1.29 is 24.2 Å². The third-order valence-electron chi connectivity index (χ3n) is 2.41. The first-order valence-corrected chi connectivity index (χ1v) is 6.85. The van der Waals surface area contributed by atoms with Crippen molar-refractivity contribution in [3.8, 4) is 0 Å². The second-order valence-corrected chi connectivity index (χ2v) is 5.59. The molecule has 0 aliphatic rings. The van der Waals surface area contributed by atoms with Crippen LogP contribution in [0.4, 0.5) is 4.79 Å². The summed E-state index contributed by atoms with van der Waals surface area (Å²) in [6, 6.07) is -0.956. The molecule has 0 heterocycles. The van der Waals surface area contributed by atoms with Crippen molar-refractivity contribution in [1.29, 1.82) is 0 Å². The van der Waals surface area contributed by atoms with Crippen LogP contribution in [0, 0.1) is 0 Å². The van der Waals surface area contributed by atoms with E-state index in [0.29, 0.717) is 19.4 Å². The Kier molecular flexibility index (Phi) is 8.37. The van der Waals surface area contributed by atoms with Gasteiger partial charge in [0.1, 0.15) is 11.6 Å². The van der Waals surface area contributed by atoms with Crippen molar-refractivity contribution in [2.45, 2.75) is 51.7 Å². The predicted molar refractivity (Wildman–Crippen MR) is 76.7 cm³/mol. The van der Waals surface area contributed by atoms with Gasteiger partial charge in [0, 0.05) is 6.54 Å². The largest absolute Gasteiger partial charge is 0.480 e. The molecule has 0 spiro atoms. The van der Waals surface area contributed by atoms with Gasteiger partial charge in [0.05, 0.1) is 6.54 Å². The van der Waals surface area contributed by atoms with E-state index in [1.165, 1.54) is 0 Å². The minimum Gasteiger partial charge on any atom is -0.480 e. The number of unbranched alkanes of at least 4 members (excludes halogenated alkanes) is 1. The van der Waals surface area contributed by atoms with Gasteiger partial charge < -0.3 is 26.2 Å². The number of rotatable bonds is 8. The first kappa shape index (κ1) is 19.2. The third-order valence-corrected chi connectivity index (χ3v) is 2.41. The van der Waals surface area contributed by atoms with Crippen molar-refractivity contribution in [3.63, 3.8) is 0 Å². The molecule has 8 heteroatoms. The van der Waals surface area contributed by atoms with Gasteiger partial charge >= 0.3 is 12.1 Å². The van der Waals surface area contributed by atoms with Crippen LogP contribution in [0.2, 0.25) is 0 Å². The highest BCUT2D eigenvalue weighted by molar-refractivity contribution is 5.84. The number of carbonyl (C=O) groups excluding carboxylic acids is 2. The summed E-state index contributed by atoms with van der Waals surface area (Å²) in [5, 5.41) is 13.8. The Labute approximate surface area is 124 Å². The summed E-state index contributed by atoms with van der Waals surface area (Å²) in [6.07, 6.45) is 0.893. The first-order valence-electron chi connectivity index (χ1n) is 6.85. The molecule has 8 nitrogen and oxygen atoms in total. The lowest BCUT2D eigenvalue weighted by atomic mass is 10.1. The highest BCUT2D eigenvalue weighted by atomic mass is 16.6. The van der Waals surface area contributed by atoms with Gasteiger partial charge in [0.15, 0.2) is 0 Å². The zero-order valence-electron chi connectivity index (χ0n) is 12.8. The van der Waals surface area contributed by atoms with Gasteiger partial charge in [0.25, 0.3) is 0 Å². The van der Waals surface area contributed by atoms with E-state index in [-0.39, 0.29) is 13.0 Å². The van der Waals surface area contributed by atoms with Gasteiger partial charge in [-0.3, -0.25) is 4.79 Å². The maximum atomic E-state index is 11.3. The van der Waals surface area contributed by atoms with Crippen LogP contribution in [-0.2, 0) is 14.3 Å². The molecule has 0 saturated carbocycles. The van der Waals surface area contributed by atoms with Crippen LogP contribution in [0.15, 0.2) is 0 Å². The number of amides is 2. The molecule has 0 aliphatic carbocycles. The fourth-order valence-corrected chi connectivity index (χ4v) is 1.49. The number of nitrogens with one attached hydrogen (secondary N) is 2. The van der Waals surface area contributed by atoms with Crippen LogP contribution < -0.4 is 16.4 Å². The lowest BCUT2D eigenvalue weighted by molar-refractivity contribution is -0.141. The van der Waals surface area contributed by atoms with E-state index in [0.717, 1.165) is 0 Å². The Morgan fingerprint density at radius 1 is 1.24 bits per heavy atom. The maximum absolute atomic E-state index is 11.3. The summed E-state index contributed by atoms with van der Waals surface area (Å²) >= 11 is 0. The lowest BCUT2D eigenvalue weighted by Crippen LogP contribution is -2.43. The molecule has 122 valence electrons. The lowest BCUT2D eigenvalue weighted by Gasteiger charge is -2.19. The monoisotopic (exact) mass is 303 g/mol. The SMILES string of the molecule is CC(C)(C)OC(=O)NCCCC[C@H](NC(=O)CN)C(=O)O. The number of carboxylic acids is 1. The zero-order valence-corrected chi connectivity index (χ0v) is 12.8. The summed E-state index contributed by atoms with van der Waals surface area (Å²) in [6.45, 7) is 5.44. The second-order valence-electron chi connectivity index (χ2n) is 5.59. The molecule has 5 N–H and O–H groups in total. The minimum atomic E-state index is -1.10. The molecule has 0 fully saturated rings. The Bertz CT molecular complexity index is 365. The predicted octanol–water partition coefficient (Wildman–Crippen LogP) is 0.210. The number of hydrogen-bond donors (Lipinski definition) is 4. The zero-order chi connectivity index (χ0) is 16.5. The fourth-order valence-electron chi connectivity index (χ4n) is 1.49. The number of carbonyl (C=O) groups is 3. The van der Waals surface area contributed by atoms with Crippen molar-refractivity contribution in [2.75, 3.05) is 13.1 Å². The summed E-state index contributed by atoms with van der Waals surface area (Å²) < 4.78 is 5.06. The molecule has 0 saturated heterocycles. The van der Waals surface area contributed by atoms with Crippen LogP contribution in [0.5, 0.6) is 0 Å². The van der Waals surface area contributed by atoms with Crippen molar-refractivity contribution >= 4 is 18.0 Å². The molecule has 0 aliphatic heterocycles. The van der Waals surface area contributed by atoms with Crippen LogP contribution in [0.25, 0.3) is 0 Å². The number of alkyl carbamates (subject to hydrolysis) is 1. The Morgan fingerprint density at radius 2 is 1.86 bits per heavy atom. The molecule has 0 radical (unpaired) electrons. The Morgan fingerprint density at radius 3 is 2.33 bits per heavy atom. The van der Waals surface area contributed by atoms with E-state index < -0.39 is 29.6 Å². The minimum absolute atomic E-state index is 0.246. The molecule has 2 amide bonds. The van der Waals surface area contributed by atoms with Gasteiger partial charge in [0.2, 0.25) is 5.91 Å². The number of hydrogen-bond acceptors (Lipinski definition) is 5. The average Bonchev–Trinajstić information content (AvgIpc) is 2.34. The van der Waals surface area contributed by atoms with E-state index in [9.17, 15) is 14.4 Å². The van der Waals surface area contributed by atoms with E-state index >= 15 is 0 Å². The topological polar surface area (TPSA) is 131 Å². The molecule has 0 aromatic heterocycles. The fraction of sp³-hybridized carbons (Fsp3) is 0.769. The summed E-state index contributed by atoms with van der Waals surface area (Å²) in [5.74, 6) is -1.61. The maximum Gasteiger partial charge on any atom is 0.407 e. The molecule has 0 bridgehead atoms. The Balaban J connectivity index is 3.88. The third kappa shape index (κ3) is 10.6. The molecular weight excluding hydrogens is 278 g/mol. The van der Waals surface area contributed by atoms with Gasteiger partial charge in [-0.1, -0.05) is 0 Å². The number of aliphatic carboxylic acids is 1. The first-order chi connectivity index (χ1) is 9.65. The van der Waals surface area contributed by atoms with Gasteiger partial charge in [-0.15, -0.1) is 0 Å². The summed E-state index contributed by atoms with van der Waals surface area (Å²) in [4.78, 5) is 33.3. The average molecular weight is 303 g/mol. The standard InChI is InChI=1S/C13H25N3O5/c1-13(2,3)21-12(20)15-7-5-4-6-9(11(18)19)16-10(17)8-14/h9H,4-8,14H2,1-3H3,(H,15,20)(H,16,17)(H,18,19)/t9-/m0/s1. The molecule has 0 aromatic rings. The quantitative estimate of drug-likeness (QED) is 0.474. The second kappa shape index (κ2) is 9.17. The molecule has 0 aromatic carbocycles. The van der Waals surface area contributed by atoms with E-state index in [1.807, 2.05) is 0 Å². The van der Waals surface area contributed by atoms with E-state index in [4.69, 9.17) is 15.6 Å². The van der Waals surface area contributed by atoms with Crippen LogP contribution in [0.3, 0.4) is 0 Å². The van der Waals surface area contributed by atoms with Crippen molar-refractivity contribution in [2.24, 2.45) is 5.73 Å². The van der Waals surface area contributed by atoms with Crippen LogP contribution >= 0.6 is 0 Å². The van der Waals surface area contributed by atoms with Crippen molar-refractivity contribution in [3.05, 3.63) is 0 Å². The summed E-state index contributed by atoms with van der Waals surface area (Å²) in [7, 11) is 0. The number of nitrogens with two attached hydrogens (primary N) is 1. The van der Waals surface area contributed by atoms with Crippen molar-refractivity contribution in [1.82, 2.24) is 10.6 Å². The molecule has 21 heavy (non-hydrogen) atoms.